The molecule has 0 bridgehead atoms. The van der Waals surface area contributed by atoms with Gasteiger partial charge in [-0.15, -0.1) is 0 Å². The number of nitrogens with one attached hydrogen (secondary N) is 1. The highest BCUT2D eigenvalue weighted by atomic mass is 16.5. The Labute approximate surface area is 148 Å². The predicted octanol–water partition coefficient (Wildman–Crippen LogP) is 3.30. The number of aryl methyl sites for hydroxylation is 1. The molecule has 1 aromatic carbocycles. The average molecular weight is 340 g/mol. The van der Waals surface area contributed by atoms with E-state index in [-0.39, 0.29) is 18.0 Å². The number of carbonyl (C=O) groups is 1. The number of methoxy groups -OCH3 is 1. The van der Waals surface area contributed by atoms with Gasteiger partial charge in [-0.2, -0.15) is 0 Å². The maximum atomic E-state index is 12.6. The van der Waals surface area contributed by atoms with Crippen LogP contribution in [0.25, 0.3) is 0 Å². The van der Waals surface area contributed by atoms with E-state index in [1.807, 2.05) is 25.1 Å². The van der Waals surface area contributed by atoms with E-state index in [0.717, 1.165) is 24.3 Å². The Morgan fingerprint density at radius 3 is 2.80 bits per heavy atom. The van der Waals surface area contributed by atoms with E-state index in [1.54, 1.807) is 13.4 Å². The first-order valence-corrected chi connectivity index (χ1v) is 8.92. The van der Waals surface area contributed by atoms with Crippen molar-refractivity contribution in [3.63, 3.8) is 0 Å². The van der Waals surface area contributed by atoms with Gasteiger partial charge in [0.1, 0.15) is 5.75 Å². The molecule has 2 aromatic rings. The van der Waals surface area contributed by atoms with Crippen LogP contribution in [0.5, 0.6) is 5.75 Å². The van der Waals surface area contributed by atoms with Crippen molar-refractivity contribution < 1.29 is 13.9 Å². The number of ether oxygens (including phenoxy) is 1. The SMILES string of the molecule is COc1cccc([C@@H]2[C@@H](NC(=O)c3occc3C)CCN2C2CC2)c1. The first-order chi connectivity index (χ1) is 12.2. The van der Waals surface area contributed by atoms with E-state index in [1.165, 1.54) is 18.4 Å². The van der Waals surface area contributed by atoms with Crippen LogP contribution < -0.4 is 10.1 Å². The summed E-state index contributed by atoms with van der Waals surface area (Å²) in [5.74, 6) is 1.14. The number of benzene rings is 1. The van der Waals surface area contributed by atoms with Gasteiger partial charge < -0.3 is 14.5 Å². The number of amides is 1. The molecule has 132 valence electrons. The summed E-state index contributed by atoms with van der Waals surface area (Å²) in [6, 6.07) is 10.9. The summed E-state index contributed by atoms with van der Waals surface area (Å²) >= 11 is 0. The van der Waals surface area contributed by atoms with E-state index in [0.29, 0.717) is 11.8 Å². The molecule has 0 radical (unpaired) electrons. The topological polar surface area (TPSA) is 54.7 Å². The smallest absolute Gasteiger partial charge is 0.287 e. The number of rotatable bonds is 5. The fourth-order valence-electron chi connectivity index (χ4n) is 3.87. The largest absolute Gasteiger partial charge is 0.497 e. The van der Waals surface area contributed by atoms with Crippen LogP contribution in [-0.4, -0.2) is 36.5 Å². The monoisotopic (exact) mass is 340 g/mol. The van der Waals surface area contributed by atoms with E-state index in [4.69, 9.17) is 9.15 Å². The fraction of sp³-hybridized carbons (Fsp3) is 0.450. The number of nitrogens with zero attached hydrogens (tertiary/aromatic N) is 1. The lowest BCUT2D eigenvalue weighted by atomic mass is 9.99. The summed E-state index contributed by atoms with van der Waals surface area (Å²) in [6.45, 7) is 2.90. The highest BCUT2D eigenvalue weighted by Gasteiger charge is 2.43. The van der Waals surface area contributed by atoms with Crippen molar-refractivity contribution in [3.8, 4) is 5.75 Å². The fourth-order valence-corrected chi connectivity index (χ4v) is 3.87. The highest BCUT2D eigenvalue weighted by Crippen LogP contribution is 2.41. The summed E-state index contributed by atoms with van der Waals surface area (Å²) in [7, 11) is 1.69. The normalized spacial score (nSPS) is 23.6. The zero-order valence-electron chi connectivity index (χ0n) is 14.7. The second kappa shape index (κ2) is 6.56. The molecule has 1 N–H and O–H groups in total. The Morgan fingerprint density at radius 2 is 2.12 bits per heavy atom. The van der Waals surface area contributed by atoms with Gasteiger partial charge in [-0.25, -0.2) is 0 Å². The number of likely N-dealkylation sites (tertiary alicyclic amines) is 1. The number of carbonyl (C=O) groups excluding carboxylic acids is 1. The third-order valence-corrected chi connectivity index (χ3v) is 5.27. The van der Waals surface area contributed by atoms with Crippen LogP contribution in [0.3, 0.4) is 0 Å². The van der Waals surface area contributed by atoms with Crippen LogP contribution >= 0.6 is 0 Å². The molecular formula is C20H24N2O3. The predicted molar refractivity (Wildman–Crippen MR) is 94.8 cm³/mol. The Bertz CT molecular complexity index is 766. The van der Waals surface area contributed by atoms with Gasteiger partial charge >= 0.3 is 0 Å². The number of hydrogen-bond donors (Lipinski definition) is 1. The molecule has 1 saturated heterocycles. The maximum Gasteiger partial charge on any atom is 0.287 e. The molecule has 2 heterocycles. The molecule has 1 aliphatic heterocycles. The Balaban J connectivity index is 1.59. The molecule has 1 saturated carbocycles. The molecule has 2 atom stereocenters. The zero-order valence-corrected chi connectivity index (χ0v) is 14.7. The van der Waals surface area contributed by atoms with Crippen molar-refractivity contribution in [1.29, 1.82) is 0 Å². The molecule has 2 fully saturated rings. The Morgan fingerprint density at radius 1 is 1.28 bits per heavy atom. The van der Waals surface area contributed by atoms with Crippen LogP contribution in [-0.2, 0) is 0 Å². The van der Waals surface area contributed by atoms with Crippen molar-refractivity contribution in [2.45, 2.75) is 44.3 Å². The van der Waals surface area contributed by atoms with Crippen LogP contribution in [0, 0.1) is 6.92 Å². The summed E-state index contributed by atoms with van der Waals surface area (Å²) in [5, 5.41) is 3.21. The molecule has 0 spiro atoms. The first-order valence-electron chi connectivity index (χ1n) is 8.92. The summed E-state index contributed by atoms with van der Waals surface area (Å²) < 4.78 is 10.8. The Hall–Kier alpha value is -2.27. The Kier molecular flexibility index (Phi) is 4.25. The molecule has 2 aliphatic rings. The molecule has 0 unspecified atom stereocenters. The van der Waals surface area contributed by atoms with Gasteiger partial charge in [0.05, 0.1) is 25.5 Å². The highest BCUT2D eigenvalue weighted by molar-refractivity contribution is 5.93. The second-order valence-electron chi connectivity index (χ2n) is 6.99. The summed E-state index contributed by atoms with van der Waals surface area (Å²) in [6.07, 6.45) is 5.01. The third-order valence-electron chi connectivity index (χ3n) is 5.27. The molecule has 5 nitrogen and oxygen atoms in total. The average Bonchev–Trinajstić information content (AvgIpc) is 3.25. The van der Waals surface area contributed by atoms with Gasteiger partial charge in [0.15, 0.2) is 5.76 Å². The van der Waals surface area contributed by atoms with Crippen LogP contribution in [0.15, 0.2) is 41.0 Å². The van der Waals surface area contributed by atoms with E-state index < -0.39 is 0 Å². The number of hydrogen-bond acceptors (Lipinski definition) is 4. The minimum absolute atomic E-state index is 0.0738. The molecule has 4 rings (SSSR count). The first kappa shape index (κ1) is 16.2. The maximum absolute atomic E-state index is 12.6. The standard InChI is InChI=1S/C20H24N2O3/c1-13-9-11-25-19(13)20(23)21-17-8-10-22(15-6-7-15)18(17)14-4-3-5-16(12-14)24-2/h3-5,9,11-12,15,17-18H,6-8,10H2,1-2H3,(H,21,23)/t17-,18+/m0/s1. The summed E-state index contributed by atoms with van der Waals surface area (Å²) in [4.78, 5) is 15.2. The minimum Gasteiger partial charge on any atom is -0.497 e. The van der Waals surface area contributed by atoms with Gasteiger partial charge in [-0.1, -0.05) is 12.1 Å². The van der Waals surface area contributed by atoms with Crippen LogP contribution in [0.4, 0.5) is 0 Å². The molecule has 25 heavy (non-hydrogen) atoms. The van der Waals surface area contributed by atoms with Gasteiger partial charge in [-0.3, -0.25) is 9.69 Å². The zero-order chi connectivity index (χ0) is 17.4. The van der Waals surface area contributed by atoms with Crippen molar-refractivity contribution in [2.24, 2.45) is 0 Å². The van der Waals surface area contributed by atoms with Gasteiger partial charge in [0, 0.05) is 18.2 Å². The minimum atomic E-state index is -0.127. The summed E-state index contributed by atoms with van der Waals surface area (Å²) in [5.41, 5.74) is 2.07. The second-order valence-corrected chi connectivity index (χ2v) is 6.99. The lowest BCUT2D eigenvalue weighted by Gasteiger charge is -2.29. The van der Waals surface area contributed by atoms with E-state index in [9.17, 15) is 4.79 Å². The van der Waals surface area contributed by atoms with Crippen LogP contribution in [0.2, 0.25) is 0 Å². The quantitative estimate of drug-likeness (QED) is 0.907. The van der Waals surface area contributed by atoms with Crippen molar-refractivity contribution >= 4 is 5.91 Å². The van der Waals surface area contributed by atoms with Crippen molar-refractivity contribution in [2.75, 3.05) is 13.7 Å². The molecule has 1 aromatic heterocycles. The van der Waals surface area contributed by atoms with Gasteiger partial charge in [-0.05, 0) is 49.9 Å². The van der Waals surface area contributed by atoms with Crippen LogP contribution in [0.1, 0.15) is 47.0 Å². The molecular weight excluding hydrogens is 316 g/mol. The molecule has 1 aliphatic carbocycles. The van der Waals surface area contributed by atoms with Crippen molar-refractivity contribution in [1.82, 2.24) is 10.2 Å². The van der Waals surface area contributed by atoms with E-state index >= 15 is 0 Å². The van der Waals surface area contributed by atoms with Gasteiger partial charge in [0.2, 0.25) is 0 Å². The third kappa shape index (κ3) is 3.16. The van der Waals surface area contributed by atoms with Gasteiger partial charge in [0.25, 0.3) is 5.91 Å². The molecule has 5 heteroatoms. The van der Waals surface area contributed by atoms with Crippen molar-refractivity contribution in [3.05, 3.63) is 53.5 Å². The van der Waals surface area contributed by atoms with E-state index in [2.05, 4.69) is 22.3 Å². The lowest BCUT2D eigenvalue weighted by molar-refractivity contribution is 0.0894. The molecule has 1 amide bonds. The number of furan rings is 1. The lowest BCUT2D eigenvalue weighted by Crippen LogP contribution is -2.40.